The molecule has 12 nitrogen and oxygen atoms in total. The van der Waals surface area contributed by atoms with Gasteiger partial charge in [-0.15, -0.1) is 0 Å². The number of furan rings is 2. The summed E-state index contributed by atoms with van der Waals surface area (Å²) in [5.74, 6) is 5.78. The molecule has 25 rings (SSSR count). The SMILES string of the molecule is CC1(C)c2cc3c(cc2-c2c(-c4nc(-c5ccccc5)nc(-c5ccccc5)n4)cccc21)oc1ccccc13.CC1(C)c2cc3c(cc2-c2c(-c4nc(-c5ccccc5)nc(-c5ccccn5)n4)cccc21)oc1ccccc13.CC1(C)c2cc3c(cc2-c2cccc(-c4cccc(-c5nc(-c6ccccc6)nc(-c6ccccc6)n5)c4)c21)Cc1ccccc1-3. The molecule has 0 saturated carbocycles. The molecule has 0 amide bonds. The number of hydrogen-bond acceptors (Lipinski definition) is 12. The van der Waals surface area contributed by atoms with E-state index in [1.807, 2.05) is 194 Å². The molecular formula is C114H80N10O2. The third kappa shape index (κ3) is 12.6. The van der Waals surface area contributed by atoms with Gasteiger partial charge in [0.15, 0.2) is 52.4 Å². The van der Waals surface area contributed by atoms with Gasteiger partial charge in [0.05, 0.1) is 0 Å². The number of para-hydroxylation sites is 2. The normalized spacial score (nSPS) is 13.5. The Kier molecular flexibility index (Phi) is 17.7. The summed E-state index contributed by atoms with van der Waals surface area (Å²) in [6.07, 6.45) is 2.76. The first-order valence-corrected chi connectivity index (χ1v) is 42.9. The predicted molar refractivity (Wildman–Crippen MR) is 507 cm³/mol. The molecule has 15 aromatic carbocycles. The van der Waals surface area contributed by atoms with Crippen LogP contribution in [0.5, 0.6) is 0 Å². The molecule has 4 aliphatic rings. The van der Waals surface area contributed by atoms with Gasteiger partial charge in [0, 0.05) is 88.5 Å². The smallest absolute Gasteiger partial charge is 0.182 e. The Bertz CT molecular complexity index is 7470. The Balaban J connectivity index is 0.000000109. The molecule has 0 spiro atoms. The lowest BCUT2D eigenvalue weighted by atomic mass is 9.78. The van der Waals surface area contributed by atoms with Crippen molar-refractivity contribution in [3.8, 4) is 158 Å². The molecule has 12 heteroatoms. The summed E-state index contributed by atoms with van der Waals surface area (Å²) < 4.78 is 12.6. The van der Waals surface area contributed by atoms with E-state index in [9.17, 15) is 0 Å². The van der Waals surface area contributed by atoms with Gasteiger partial charge >= 0.3 is 0 Å². The van der Waals surface area contributed by atoms with Crippen LogP contribution in [0.1, 0.15) is 86.1 Å². The highest BCUT2D eigenvalue weighted by Gasteiger charge is 2.42. The molecule has 6 aromatic heterocycles. The molecule has 0 saturated heterocycles. The summed E-state index contributed by atoms with van der Waals surface area (Å²) in [5, 5.41) is 4.57. The first kappa shape index (κ1) is 75.1. The van der Waals surface area contributed by atoms with Crippen LogP contribution in [0.4, 0.5) is 0 Å². The van der Waals surface area contributed by atoms with E-state index < -0.39 is 0 Å². The van der Waals surface area contributed by atoms with Gasteiger partial charge in [-0.25, -0.2) is 44.9 Å². The van der Waals surface area contributed by atoms with E-state index in [2.05, 4.69) is 210 Å². The van der Waals surface area contributed by atoms with Gasteiger partial charge in [-0.2, -0.15) is 0 Å². The van der Waals surface area contributed by atoms with Crippen LogP contribution in [0.3, 0.4) is 0 Å². The lowest BCUT2D eigenvalue weighted by Gasteiger charge is -2.25. The van der Waals surface area contributed by atoms with E-state index in [0.717, 1.165) is 117 Å². The fraction of sp³-hybridized carbons (Fsp3) is 0.0877. The molecule has 126 heavy (non-hydrogen) atoms. The van der Waals surface area contributed by atoms with Gasteiger partial charge in [-0.3, -0.25) is 4.98 Å². The van der Waals surface area contributed by atoms with E-state index in [1.165, 1.54) is 77.9 Å². The van der Waals surface area contributed by atoms with Crippen LogP contribution in [0, 0.1) is 0 Å². The minimum Gasteiger partial charge on any atom is -0.456 e. The second kappa shape index (κ2) is 29.7. The van der Waals surface area contributed by atoms with E-state index in [1.54, 1.807) is 6.20 Å². The van der Waals surface area contributed by atoms with Crippen LogP contribution in [0.2, 0.25) is 0 Å². The highest BCUT2D eigenvalue weighted by atomic mass is 16.3. The van der Waals surface area contributed by atoms with Crippen LogP contribution < -0.4 is 0 Å². The zero-order valence-electron chi connectivity index (χ0n) is 70.1. The summed E-state index contributed by atoms with van der Waals surface area (Å²) in [6, 6.07) is 124. The lowest BCUT2D eigenvalue weighted by Crippen LogP contribution is -2.16. The minimum absolute atomic E-state index is 0.155. The van der Waals surface area contributed by atoms with Crippen molar-refractivity contribution in [3.63, 3.8) is 0 Å². The van der Waals surface area contributed by atoms with Crippen LogP contribution in [-0.2, 0) is 22.7 Å². The number of benzene rings is 15. The molecule has 4 aliphatic carbocycles. The Morgan fingerprint density at radius 2 is 0.587 bits per heavy atom. The van der Waals surface area contributed by atoms with Gasteiger partial charge in [-0.1, -0.05) is 333 Å². The van der Waals surface area contributed by atoms with Gasteiger partial charge in [0.2, 0.25) is 0 Å². The molecule has 0 aliphatic heterocycles. The van der Waals surface area contributed by atoms with Crippen molar-refractivity contribution in [3.05, 3.63) is 409 Å². The Morgan fingerprint density at radius 3 is 1.08 bits per heavy atom. The van der Waals surface area contributed by atoms with Crippen LogP contribution in [-0.4, -0.2) is 49.8 Å². The molecule has 6 heterocycles. The highest BCUT2D eigenvalue weighted by Crippen LogP contribution is 2.58. The fourth-order valence-electron chi connectivity index (χ4n) is 19.6. The third-order valence-corrected chi connectivity index (χ3v) is 25.9. The first-order valence-electron chi connectivity index (χ1n) is 42.9. The standard InChI is InChI=1S/C43H31N3.C36H25N3O.C35H24N4O/c1-43(2)38-26-36-32(24-29-17-9-10-20-33(29)36)25-37(38)35-22-12-21-34(39(35)43)30-18-11-19-31(23-30)42-45-40(27-13-5-3-6-14-27)44-41(46-42)28-15-7-4-8-16-28;1-36(2)28-18-11-17-25(32(28)27-21-31-26(20-29(27)36)24-16-9-10-19-30(24)40-31)35-38-33(22-12-5-3-6-13-22)37-34(39-35)23-14-7-4-8-15-23;1-35(2)26-15-10-14-23(31(26)25-20-30-24(19-27(25)35)22-13-6-7-17-29(22)40-30)33-37-32(21-11-4-3-5-12-21)38-34(39-33)28-16-8-9-18-36-28/h3-23,25-26H,24H2,1-2H3;3-21H,1-2H3;3-20H,1-2H3. The number of rotatable bonds is 10. The molecule has 0 fully saturated rings. The van der Waals surface area contributed by atoms with Gasteiger partial charge in [-0.05, 0) is 173 Å². The molecule has 0 N–H and O–H groups in total. The third-order valence-electron chi connectivity index (χ3n) is 25.9. The summed E-state index contributed by atoms with van der Waals surface area (Å²) in [7, 11) is 0. The topological polar surface area (TPSA) is 155 Å². The van der Waals surface area contributed by atoms with Crippen molar-refractivity contribution in [2.45, 2.75) is 64.2 Å². The van der Waals surface area contributed by atoms with Gasteiger partial charge in [0.25, 0.3) is 0 Å². The van der Waals surface area contributed by atoms with E-state index >= 15 is 0 Å². The maximum absolute atomic E-state index is 6.32. The molecule has 0 bridgehead atoms. The molecule has 0 radical (unpaired) electrons. The average molecular weight is 1620 g/mol. The highest BCUT2D eigenvalue weighted by molar-refractivity contribution is 6.10. The quantitative estimate of drug-likeness (QED) is 0.128. The zero-order chi connectivity index (χ0) is 84.5. The molecule has 598 valence electrons. The lowest BCUT2D eigenvalue weighted by molar-refractivity contribution is 0.657. The van der Waals surface area contributed by atoms with Crippen molar-refractivity contribution in [2.75, 3.05) is 0 Å². The van der Waals surface area contributed by atoms with Gasteiger partial charge < -0.3 is 8.83 Å². The van der Waals surface area contributed by atoms with Crippen molar-refractivity contribution in [1.29, 1.82) is 0 Å². The second-order valence-electron chi connectivity index (χ2n) is 34.5. The maximum atomic E-state index is 6.32. The molecular weight excluding hydrogens is 1540 g/mol. The van der Waals surface area contributed by atoms with E-state index in [0.29, 0.717) is 58.1 Å². The fourth-order valence-corrected chi connectivity index (χ4v) is 19.6. The first-order chi connectivity index (χ1) is 61.7. The molecule has 0 unspecified atom stereocenters. The van der Waals surface area contributed by atoms with E-state index in [4.69, 9.17) is 53.7 Å². The van der Waals surface area contributed by atoms with Crippen LogP contribution in [0.15, 0.2) is 373 Å². The Morgan fingerprint density at radius 1 is 0.214 bits per heavy atom. The average Bonchev–Trinajstić information content (AvgIpc) is 1.56. The summed E-state index contributed by atoms with van der Waals surface area (Å²) in [6.45, 7) is 13.9. The van der Waals surface area contributed by atoms with Crippen molar-refractivity contribution in [2.24, 2.45) is 0 Å². The van der Waals surface area contributed by atoms with Crippen LogP contribution in [0.25, 0.3) is 202 Å². The summed E-state index contributed by atoms with van der Waals surface area (Å²) >= 11 is 0. The monoisotopic (exact) mass is 1620 g/mol. The number of nitrogens with zero attached hydrogens (tertiary/aromatic N) is 10. The summed E-state index contributed by atoms with van der Waals surface area (Å²) in [4.78, 5) is 49.3. The minimum atomic E-state index is -0.202. The number of fused-ring (bicyclic) bond motifs is 18. The van der Waals surface area contributed by atoms with Crippen molar-refractivity contribution < 1.29 is 8.83 Å². The van der Waals surface area contributed by atoms with E-state index in [-0.39, 0.29) is 16.2 Å². The zero-order valence-corrected chi connectivity index (χ0v) is 70.1. The Hall–Kier alpha value is -15.9. The van der Waals surface area contributed by atoms with Gasteiger partial charge in [0.1, 0.15) is 28.0 Å². The Labute approximate surface area is 728 Å². The largest absolute Gasteiger partial charge is 0.456 e. The second-order valence-corrected chi connectivity index (χ2v) is 34.5. The number of aromatic nitrogens is 10. The summed E-state index contributed by atoms with van der Waals surface area (Å²) in [5.41, 5.74) is 34.7. The molecule has 21 aromatic rings. The number of pyridine rings is 1. The molecule has 0 atom stereocenters. The van der Waals surface area contributed by atoms with Crippen molar-refractivity contribution in [1.82, 2.24) is 49.8 Å². The number of hydrogen-bond donors (Lipinski definition) is 0. The van der Waals surface area contributed by atoms with Crippen LogP contribution >= 0.6 is 0 Å². The maximum Gasteiger partial charge on any atom is 0.182 e. The van der Waals surface area contributed by atoms with Crippen molar-refractivity contribution >= 4 is 43.9 Å². The predicted octanol–water partition coefficient (Wildman–Crippen LogP) is 28.0.